The van der Waals surface area contributed by atoms with Crippen LogP contribution in [0.15, 0.2) is 24.4 Å². The number of aromatic nitrogens is 1. The molecule has 0 N–H and O–H groups in total. The molecule has 0 spiro atoms. The lowest BCUT2D eigenvalue weighted by Crippen LogP contribution is -2.08. The number of ether oxygens (including phenoxy) is 2. The second-order valence-electron chi connectivity index (χ2n) is 2.32. The van der Waals surface area contributed by atoms with E-state index in [2.05, 4.69) is 4.98 Å². The maximum atomic E-state index is 5.42. The molecule has 0 fully saturated rings. The normalized spacial score (nSPS) is 9.92. The summed E-state index contributed by atoms with van der Waals surface area (Å²) in [4.78, 5) is 3.99. The Morgan fingerprint density at radius 2 is 2.15 bits per heavy atom. The third-order valence-electron chi connectivity index (χ3n) is 1.34. The van der Waals surface area contributed by atoms with Gasteiger partial charge in [-0.25, -0.2) is 4.98 Å². The van der Waals surface area contributed by atoms with Crippen LogP contribution in [-0.2, 0) is 4.74 Å². The molecule has 0 atom stereocenters. The fraction of sp³-hybridized carbons (Fsp3) is 0.444. The van der Waals surface area contributed by atoms with Gasteiger partial charge in [0.15, 0.2) is 0 Å². The number of nitrogens with zero attached hydrogens (tertiary/aromatic N) is 1. The van der Waals surface area contributed by atoms with Crippen molar-refractivity contribution in [3.8, 4) is 5.88 Å². The summed E-state index contributed by atoms with van der Waals surface area (Å²) in [7, 11) is 0. The van der Waals surface area contributed by atoms with Crippen molar-refractivity contribution < 1.29 is 9.47 Å². The van der Waals surface area contributed by atoms with E-state index in [1.165, 1.54) is 0 Å². The van der Waals surface area contributed by atoms with Crippen molar-refractivity contribution in [1.82, 2.24) is 4.98 Å². The number of alkyl halides is 1. The Labute approximate surface area is 82.6 Å². The molecular weight excluding hydrogens is 190 g/mol. The van der Waals surface area contributed by atoms with Crippen molar-refractivity contribution in [2.45, 2.75) is 0 Å². The van der Waals surface area contributed by atoms with Gasteiger partial charge in [0.05, 0.1) is 13.2 Å². The molecule has 0 radical (unpaired) electrons. The van der Waals surface area contributed by atoms with Gasteiger partial charge >= 0.3 is 0 Å². The van der Waals surface area contributed by atoms with Crippen molar-refractivity contribution in [3.05, 3.63) is 24.4 Å². The molecule has 1 rings (SSSR count). The third kappa shape index (κ3) is 4.70. The largest absolute Gasteiger partial charge is 0.475 e. The lowest BCUT2D eigenvalue weighted by molar-refractivity contribution is 0.109. The molecule has 0 unspecified atom stereocenters. The van der Waals surface area contributed by atoms with Gasteiger partial charge in [0.1, 0.15) is 6.61 Å². The van der Waals surface area contributed by atoms with Gasteiger partial charge in [0.25, 0.3) is 0 Å². The highest BCUT2D eigenvalue weighted by molar-refractivity contribution is 6.17. The lowest BCUT2D eigenvalue weighted by Gasteiger charge is -2.04. The summed E-state index contributed by atoms with van der Waals surface area (Å²) in [6.45, 7) is 1.62. The van der Waals surface area contributed by atoms with Gasteiger partial charge in [-0.2, -0.15) is 0 Å². The van der Waals surface area contributed by atoms with Gasteiger partial charge in [-0.05, 0) is 6.07 Å². The first kappa shape index (κ1) is 10.3. The first-order valence-electron chi connectivity index (χ1n) is 4.11. The van der Waals surface area contributed by atoms with Crippen LogP contribution in [-0.4, -0.2) is 30.7 Å². The van der Waals surface area contributed by atoms with Gasteiger partial charge in [-0.3, -0.25) is 0 Å². The molecule has 1 heterocycles. The quantitative estimate of drug-likeness (QED) is 0.519. The van der Waals surface area contributed by atoms with Crippen LogP contribution in [0.2, 0.25) is 0 Å². The van der Waals surface area contributed by atoms with E-state index in [1.54, 1.807) is 6.20 Å². The highest BCUT2D eigenvalue weighted by Crippen LogP contribution is 2.02. The molecule has 1 aromatic heterocycles. The standard InChI is InChI=1S/C9H12ClNO2/c10-4-6-12-7-8-13-9-3-1-2-5-11-9/h1-3,5H,4,6-8H2. The first-order valence-corrected chi connectivity index (χ1v) is 4.64. The van der Waals surface area contributed by atoms with Gasteiger partial charge in [0, 0.05) is 18.1 Å². The molecular formula is C9H12ClNO2. The second-order valence-corrected chi connectivity index (χ2v) is 2.70. The highest BCUT2D eigenvalue weighted by atomic mass is 35.5. The van der Waals surface area contributed by atoms with Crippen molar-refractivity contribution in [1.29, 1.82) is 0 Å². The Morgan fingerprint density at radius 3 is 2.85 bits per heavy atom. The summed E-state index contributed by atoms with van der Waals surface area (Å²) in [5.74, 6) is 1.14. The molecule has 1 aromatic rings. The van der Waals surface area contributed by atoms with Gasteiger partial charge in [0.2, 0.25) is 5.88 Å². The lowest BCUT2D eigenvalue weighted by atomic mass is 10.5. The van der Waals surface area contributed by atoms with Crippen LogP contribution in [0.5, 0.6) is 5.88 Å². The second kappa shape index (κ2) is 6.69. The van der Waals surface area contributed by atoms with Crippen LogP contribution >= 0.6 is 11.6 Å². The molecule has 0 saturated carbocycles. The van der Waals surface area contributed by atoms with E-state index in [0.29, 0.717) is 31.6 Å². The topological polar surface area (TPSA) is 31.4 Å². The minimum absolute atomic E-state index is 0.508. The molecule has 13 heavy (non-hydrogen) atoms. The molecule has 4 heteroatoms. The third-order valence-corrected chi connectivity index (χ3v) is 1.49. The predicted octanol–water partition coefficient (Wildman–Crippen LogP) is 1.72. The zero-order chi connectivity index (χ0) is 9.36. The molecule has 3 nitrogen and oxygen atoms in total. The van der Waals surface area contributed by atoms with E-state index < -0.39 is 0 Å². The summed E-state index contributed by atoms with van der Waals surface area (Å²) < 4.78 is 10.4. The zero-order valence-corrected chi connectivity index (χ0v) is 8.04. The average molecular weight is 202 g/mol. The van der Waals surface area contributed by atoms with Crippen LogP contribution in [0.4, 0.5) is 0 Å². The summed E-state index contributed by atoms with van der Waals surface area (Å²) in [5.41, 5.74) is 0. The first-order chi connectivity index (χ1) is 6.43. The van der Waals surface area contributed by atoms with Crippen LogP contribution in [0.3, 0.4) is 0 Å². The monoisotopic (exact) mass is 201 g/mol. The van der Waals surface area contributed by atoms with Crippen LogP contribution in [0.25, 0.3) is 0 Å². The maximum Gasteiger partial charge on any atom is 0.213 e. The Hall–Kier alpha value is -0.800. The molecule has 0 aromatic carbocycles. The minimum atomic E-state index is 0.508. The van der Waals surface area contributed by atoms with E-state index in [9.17, 15) is 0 Å². The fourth-order valence-corrected chi connectivity index (χ4v) is 0.903. The molecule has 0 bridgehead atoms. The van der Waals surface area contributed by atoms with Crippen LogP contribution in [0, 0.1) is 0 Å². The van der Waals surface area contributed by atoms with Crippen molar-refractivity contribution >= 4 is 11.6 Å². The maximum absolute atomic E-state index is 5.42. The highest BCUT2D eigenvalue weighted by Gasteiger charge is 1.92. The smallest absolute Gasteiger partial charge is 0.213 e. The van der Waals surface area contributed by atoms with Crippen LogP contribution in [0.1, 0.15) is 0 Å². The number of rotatable bonds is 6. The van der Waals surface area contributed by atoms with Gasteiger partial charge in [-0.1, -0.05) is 6.07 Å². The summed E-state index contributed by atoms with van der Waals surface area (Å²) in [5, 5.41) is 0. The molecule has 0 saturated heterocycles. The molecule has 0 amide bonds. The van der Waals surface area contributed by atoms with Crippen molar-refractivity contribution in [2.75, 3.05) is 25.7 Å². The van der Waals surface area contributed by atoms with Crippen molar-refractivity contribution in [3.63, 3.8) is 0 Å². The van der Waals surface area contributed by atoms with E-state index in [-0.39, 0.29) is 0 Å². The van der Waals surface area contributed by atoms with E-state index in [0.717, 1.165) is 0 Å². The van der Waals surface area contributed by atoms with Gasteiger partial charge < -0.3 is 9.47 Å². The predicted molar refractivity (Wildman–Crippen MR) is 51.3 cm³/mol. The summed E-state index contributed by atoms with van der Waals surface area (Å²) >= 11 is 5.42. The van der Waals surface area contributed by atoms with Crippen LogP contribution < -0.4 is 4.74 Å². The minimum Gasteiger partial charge on any atom is -0.475 e. The Bertz CT molecular complexity index is 218. The average Bonchev–Trinajstić information content (AvgIpc) is 2.19. The number of hydrogen-bond acceptors (Lipinski definition) is 3. The zero-order valence-electron chi connectivity index (χ0n) is 7.28. The number of hydrogen-bond donors (Lipinski definition) is 0. The number of pyridine rings is 1. The molecule has 0 aliphatic rings. The summed E-state index contributed by atoms with van der Waals surface area (Å²) in [6.07, 6.45) is 1.69. The van der Waals surface area contributed by atoms with Gasteiger partial charge in [-0.15, -0.1) is 11.6 Å². The van der Waals surface area contributed by atoms with Crippen molar-refractivity contribution in [2.24, 2.45) is 0 Å². The van der Waals surface area contributed by atoms with E-state index in [1.807, 2.05) is 18.2 Å². The van der Waals surface area contributed by atoms with E-state index >= 15 is 0 Å². The Kier molecular flexibility index (Phi) is 5.29. The Morgan fingerprint density at radius 1 is 1.23 bits per heavy atom. The SMILES string of the molecule is ClCCOCCOc1ccccn1. The number of halogens is 1. The molecule has 0 aliphatic carbocycles. The molecule has 72 valence electrons. The van der Waals surface area contributed by atoms with E-state index in [4.69, 9.17) is 21.1 Å². The summed E-state index contributed by atoms with van der Waals surface area (Å²) in [6, 6.07) is 5.53. The Balaban J connectivity index is 2.07. The molecule has 0 aliphatic heterocycles. The fourth-order valence-electron chi connectivity index (χ4n) is 0.794.